The first-order valence-electron chi connectivity index (χ1n) is 13.2. The summed E-state index contributed by atoms with van der Waals surface area (Å²) in [5, 5.41) is 4.26. The summed E-state index contributed by atoms with van der Waals surface area (Å²) in [7, 11) is 6.09. The minimum absolute atomic E-state index is 0.399. The Morgan fingerprint density at radius 1 is 1.08 bits per heavy atom. The minimum Gasteiger partial charge on any atom is -0.397 e. The Morgan fingerprint density at radius 3 is 2.53 bits per heavy atom. The molecule has 2 aromatic carbocycles. The first kappa shape index (κ1) is 29.8. The van der Waals surface area contributed by atoms with Gasteiger partial charge in [0.1, 0.15) is 0 Å². The van der Waals surface area contributed by atoms with Crippen LogP contribution in [0.5, 0.6) is 0 Å². The van der Waals surface area contributed by atoms with Gasteiger partial charge in [-0.2, -0.15) is 0 Å². The van der Waals surface area contributed by atoms with E-state index < -0.39 is 0 Å². The Kier molecular flexibility index (Phi) is 10.8. The van der Waals surface area contributed by atoms with Crippen molar-refractivity contribution >= 4 is 51.8 Å². The molecule has 1 heterocycles. The van der Waals surface area contributed by atoms with Crippen molar-refractivity contribution in [1.29, 1.82) is 0 Å². The number of hydrogen-bond acceptors (Lipinski definition) is 6. The van der Waals surface area contributed by atoms with Crippen LogP contribution in [-0.2, 0) is 6.42 Å². The van der Waals surface area contributed by atoms with Crippen LogP contribution in [0.15, 0.2) is 42.6 Å². The fraction of sp³-hybridized carbons (Fsp3) is 0.400. The quantitative estimate of drug-likeness (QED) is 0.177. The molecule has 1 aromatic heterocycles. The van der Waals surface area contributed by atoms with E-state index in [1.807, 2.05) is 40.2 Å². The van der Waals surface area contributed by atoms with Crippen LogP contribution in [0, 0.1) is 6.92 Å². The van der Waals surface area contributed by atoms with E-state index in [2.05, 4.69) is 58.2 Å². The van der Waals surface area contributed by atoms with Crippen LogP contribution in [0.3, 0.4) is 0 Å². The molecule has 0 aliphatic carbocycles. The van der Waals surface area contributed by atoms with Gasteiger partial charge >= 0.3 is 0 Å². The highest BCUT2D eigenvalue weighted by Crippen LogP contribution is 2.36. The van der Waals surface area contributed by atoms with Gasteiger partial charge in [-0.3, -0.25) is 0 Å². The van der Waals surface area contributed by atoms with Crippen molar-refractivity contribution in [2.75, 3.05) is 50.2 Å². The normalized spacial score (nSPS) is 11.8. The van der Waals surface area contributed by atoms with Crippen LogP contribution in [0.25, 0.3) is 5.57 Å². The van der Waals surface area contributed by atoms with Gasteiger partial charge in [0.15, 0.2) is 0 Å². The molecule has 0 saturated carbocycles. The monoisotopic (exact) mass is 554 g/mol. The number of nitrogens with one attached hydrogen (secondary N) is 1. The zero-order chi connectivity index (χ0) is 27.8. The van der Waals surface area contributed by atoms with Crippen LogP contribution in [0.1, 0.15) is 55.5 Å². The number of rotatable bonds is 12. The lowest BCUT2D eigenvalue weighted by Gasteiger charge is -2.24. The molecular formula is C30H40Cl2N6. The number of benzene rings is 2. The maximum atomic E-state index is 6.66. The number of nitrogens with two attached hydrogens (primary N) is 1. The number of nitrogens with zero attached hydrogens (tertiary/aromatic N) is 4. The number of aromatic nitrogens is 2. The molecule has 0 atom stereocenters. The van der Waals surface area contributed by atoms with E-state index in [1.54, 1.807) is 6.20 Å². The van der Waals surface area contributed by atoms with E-state index in [9.17, 15) is 0 Å². The molecule has 0 aliphatic heterocycles. The summed E-state index contributed by atoms with van der Waals surface area (Å²) in [5.74, 6) is 0.399. The van der Waals surface area contributed by atoms with Crippen molar-refractivity contribution in [1.82, 2.24) is 14.9 Å². The first-order valence-corrected chi connectivity index (χ1v) is 13.9. The smallest absolute Gasteiger partial charge is 0.227 e. The third-order valence-electron chi connectivity index (χ3n) is 6.73. The molecule has 6 nitrogen and oxygen atoms in total. The van der Waals surface area contributed by atoms with Gasteiger partial charge in [0, 0.05) is 25.7 Å². The molecule has 3 N–H and O–H groups in total. The van der Waals surface area contributed by atoms with Crippen molar-refractivity contribution in [3.63, 3.8) is 0 Å². The van der Waals surface area contributed by atoms with Crippen LogP contribution in [0.4, 0.5) is 23.0 Å². The van der Waals surface area contributed by atoms with Crippen molar-refractivity contribution in [2.45, 2.75) is 46.5 Å². The molecule has 0 aliphatic rings. The number of nitrogen functional groups attached to an aromatic ring is 1. The van der Waals surface area contributed by atoms with E-state index in [1.165, 1.54) is 30.4 Å². The predicted molar refractivity (Wildman–Crippen MR) is 165 cm³/mol. The molecule has 0 spiro atoms. The molecule has 38 heavy (non-hydrogen) atoms. The zero-order valence-corrected chi connectivity index (χ0v) is 24.9. The molecular weight excluding hydrogens is 515 g/mol. The lowest BCUT2D eigenvalue weighted by Crippen LogP contribution is -2.29. The molecule has 3 rings (SSSR count). The summed E-state index contributed by atoms with van der Waals surface area (Å²) in [6, 6.07) is 10.1. The molecule has 3 aromatic rings. The largest absolute Gasteiger partial charge is 0.397 e. The minimum atomic E-state index is 0.399. The highest BCUT2D eigenvalue weighted by atomic mass is 35.5. The number of anilines is 4. The SMILES string of the molecule is C/C=C(\c1cccc(CCCCC)c1C)c1nc(Nc2cc(N)c(N(C)CCN(C)C)cc2Cl)ncc1Cl. The van der Waals surface area contributed by atoms with Gasteiger partial charge in [0.05, 0.1) is 39.0 Å². The summed E-state index contributed by atoms with van der Waals surface area (Å²) >= 11 is 13.3. The van der Waals surface area contributed by atoms with E-state index in [0.717, 1.165) is 36.3 Å². The van der Waals surface area contributed by atoms with Crippen LogP contribution in [-0.4, -0.2) is 49.1 Å². The van der Waals surface area contributed by atoms with Gasteiger partial charge in [0.25, 0.3) is 0 Å². The number of unbranched alkanes of at least 4 members (excludes halogenated alkanes) is 2. The highest BCUT2D eigenvalue weighted by Gasteiger charge is 2.17. The fourth-order valence-electron chi connectivity index (χ4n) is 4.44. The zero-order valence-electron chi connectivity index (χ0n) is 23.4. The first-order chi connectivity index (χ1) is 18.2. The van der Waals surface area contributed by atoms with Crippen LogP contribution >= 0.6 is 23.2 Å². The number of likely N-dealkylation sites (N-methyl/N-ethyl adjacent to an activating group) is 2. The summed E-state index contributed by atoms with van der Waals surface area (Å²) in [6.45, 7) is 8.14. The van der Waals surface area contributed by atoms with Crippen molar-refractivity contribution in [2.24, 2.45) is 0 Å². The van der Waals surface area contributed by atoms with Crippen molar-refractivity contribution in [3.05, 3.63) is 75.0 Å². The predicted octanol–water partition coefficient (Wildman–Crippen LogP) is 7.60. The summed E-state index contributed by atoms with van der Waals surface area (Å²) in [5.41, 5.74) is 13.9. The summed E-state index contributed by atoms with van der Waals surface area (Å²) < 4.78 is 0. The number of aryl methyl sites for hydroxylation is 1. The van der Waals surface area contributed by atoms with Crippen molar-refractivity contribution in [3.8, 4) is 0 Å². The Hall–Kier alpha value is -2.80. The Bertz CT molecular complexity index is 1270. The Labute approximate surface area is 237 Å². The third kappa shape index (κ3) is 7.40. The maximum Gasteiger partial charge on any atom is 0.227 e. The van der Waals surface area contributed by atoms with Gasteiger partial charge in [0.2, 0.25) is 5.95 Å². The second-order valence-electron chi connectivity index (χ2n) is 9.88. The maximum absolute atomic E-state index is 6.66. The van der Waals surface area contributed by atoms with Gasteiger partial charge in [-0.25, -0.2) is 9.97 Å². The average Bonchev–Trinajstić information content (AvgIpc) is 2.88. The van der Waals surface area contributed by atoms with Gasteiger partial charge < -0.3 is 20.9 Å². The molecule has 0 saturated heterocycles. The van der Waals surface area contributed by atoms with E-state index in [-0.39, 0.29) is 0 Å². The molecule has 0 amide bonds. The molecule has 204 valence electrons. The molecule has 0 unspecified atom stereocenters. The average molecular weight is 556 g/mol. The fourth-order valence-corrected chi connectivity index (χ4v) is 4.84. The molecule has 8 heteroatoms. The van der Waals surface area contributed by atoms with Crippen LogP contribution in [0.2, 0.25) is 10.0 Å². The second kappa shape index (κ2) is 13.8. The lowest BCUT2D eigenvalue weighted by molar-refractivity contribution is 0.416. The second-order valence-corrected chi connectivity index (χ2v) is 10.7. The Morgan fingerprint density at radius 2 is 1.84 bits per heavy atom. The number of allylic oxidation sites excluding steroid dienone is 1. The van der Waals surface area contributed by atoms with E-state index in [4.69, 9.17) is 33.9 Å². The van der Waals surface area contributed by atoms with Crippen LogP contribution < -0.4 is 16.0 Å². The molecule has 0 bridgehead atoms. The van der Waals surface area contributed by atoms with E-state index >= 15 is 0 Å². The highest BCUT2D eigenvalue weighted by molar-refractivity contribution is 6.34. The lowest BCUT2D eigenvalue weighted by atomic mass is 9.92. The standard InChI is InChI=1S/C30H40Cl2N6/c1-7-9-10-12-21-13-11-14-23(20(21)3)22(8-2)29-25(32)19-34-30(36-29)35-27-18-26(33)28(17-24(27)31)38(6)16-15-37(4)5/h8,11,13-14,17-19H,7,9-10,12,15-16,33H2,1-6H3,(H,34,35,36)/b22-8+. The van der Waals surface area contributed by atoms with Gasteiger partial charge in [-0.15, -0.1) is 0 Å². The third-order valence-corrected chi connectivity index (χ3v) is 7.32. The number of hydrogen-bond donors (Lipinski definition) is 2. The molecule has 0 fully saturated rings. The van der Waals surface area contributed by atoms with Crippen molar-refractivity contribution < 1.29 is 0 Å². The Balaban J connectivity index is 1.90. The van der Waals surface area contributed by atoms with Gasteiger partial charge in [-0.1, -0.05) is 67.2 Å². The topological polar surface area (TPSA) is 70.3 Å². The summed E-state index contributed by atoms with van der Waals surface area (Å²) in [4.78, 5) is 13.4. The molecule has 0 radical (unpaired) electrons. The number of halogens is 2. The van der Waals surface area contributed by atoms with Gasteiger partial charge in [-0.05, 0) is 69.6 Å². The summed E-state index contributed by atoms with van der Waals surface area (Å²) in [6.07, 6.45) is 8.36. The van der Waals surface area contributed by atoms with E-state index in [0.29, 0.717) is 33.1 Å².